The Morgan fingerprint density at radius 1 is 1.20 bits per heavy atom. The van der Waals surface area contributed by atoms with Crippen molar-refractivity contribution < 1.29 is 14.6 Å². The van der Waals surface area contributed by atoms with E-state index in [0.717, 1.165) is 37.5 Å². The molecule has 0 spiro atoms. The zero-order valence-electron chi connectivity index (χ0n) is 15.7. The lowest BCUT2D eigenvalue weighted by Crippen LogP contribution is -2.51. The summed E-state index contributed by atoms with van der Waals surface area (Å²) in [5.74, 6) is 1.82. The fraction of sp³-hybridized carbons (Fsp3) is 0.857. The van der Waals surface area contributed by atoms with E-state index in [-0.39, 0.29) is 35.6 Å². The monoisotopic (exact) mass is 347 g/mol. The Kier molecular flexibility index (Phi) is 4.27. The van der Waals surface area contributed by atoms with Crippen LogP contribution in [0.1, 0.15) is 65.2 Å². The summed E-state index contributed by atoms with van der Waals surface area (Å²) in [6.07, 6.45) is 11.4. The number of carbonyl (C=O) groups is 1. The summed E-state index contributed by atoms with van der Waals surface area (Å²) in [6.45, 7) is 4.83. The quantitative estimate of drug-likeness (QED) is 0.770. The maximum atomic E-state index is 11.0. The molecule has 4 aliphatic carbocycles. The Bertz CT molecular complexity index is 588. The first-order valence-electron chi connectivity index (χ1n) is 10.1. The first kappa shape index (κ1) is 17.5. The van der Waals surface area contributed by atoms with Crippen LogP contribution in [-0.4, -0.2) is 29.8 Å². The molecule has 3 fully saturated rings. The van der Waals surface area contributed by atoms with Crippen LogP contribution in [0, 0.1) is 28.6 Å². The van der Waals surface area contributed by atoms with Gasteiger partial charge in [-0.2, -0.15) is 0 Å². The van der Waals surface area contributed by atoms with Gasteiger partial charge in [-0.25, -0.2) is 0 Å². The van der Waals surface area contributed by atoms with Gasteiger partial charge >= 0.3 is 0 Å². The van der Waals surface area contributed by atoms with Crippen molar-refractivity contribution >= 4 is 5.91 Å². The van der Waals surface area contributed by atoms with Crippen LogP contribution >= 0.6 is 0 Å². The highest BCUT2D eigenvalue weighted by molar-refractivity contribution is 5.75. The van der Waals surface area contributed by atoms with E-state index in [1.165, 1.54) is 25.7 Å². The van der Waals surface area contributed by atoms with E-state index in [1.54, 1.807) is 5.57 Å². The molecule has 0 aliphatic heterocycles. The summed E-state index contributed by atoms with van der Waals surface area (Å²) in [7, 11) is 0. The second-order valence-electron chi connectivity index (χ2n) is 9.52. The molecule has 0 aromatic heterocycles. The fourth-order valence-corrected chi connectivity index (χ4v) is 6.99. The van der Waals surface area contributed by atoms with Gasteiger partial charge in [0.1, 0.15) is 6.61 Å². The van der Waals surface area contributed by atoms with E-state index in [4.69, 9.17) is 10.5 Å². The predicted molar refractivity (Wildman–Crippen MR) is 96.6 cm³/mol. The van der Waals surface area contributed by atoms with Gasteiger partial charge in [-0.05, 0) is 80.0 Å². The molecule has 0 aromatic rings. The molecule has 0 bridgehead atoms. The van der Waals surface area contributed by atoms with Gasteiger partial charge in [-0.3, -0.25) is 4.79 Å². The van der Waals surface area contributed by atoms with Crippen LogP contribution in [-0.2, 0) is 9.53 Å². The van der Waals surface area contributed by atoms with Gasteiger partial charge in [0.25, 0.3) is 0 Å². The molecule has 1 amide bonds. The van der Waals surface area contributed by atoms with Crippen molar-refractivity contribution in [3.05, 3.63) is 11.6 Å². The first-order chi connectivity index (χ1) is 11.8. The van der Waals surface area contributed by atoms with Gasteiger partial charge in [0, 0.05) is 0 Å². The minimum Gasteiger partial charge on any atom is -0.393 e. The third-order valence-corrected chi connectivity index (χ3v) is 8.46. The fourth-order valence-electron chi connectivity index (χ4n) is 6.99. The van der Waals surface area contributed by atoms with Crippen LogP contribution in [0.2, 0.25) is 0 Å². The molecule has 0 aromatic carbocycles. The SMILES string of the molecule is CC12CC[C@H](OCC(N)=O)C=C1CCC1C2CCC2(C)C(O)CCC12. The Labute approximate surface area is 151 Å². The largest absolute Gasteiger partial charge is 0.393 e. The normalized spacial score (nSPS) is 48.9. The van der Waals surface area contributed by atoms with Gasteiger partial charge in [0.05, 0.1) is 12.2 Å². The Morgan fingerprint density at radius 2 is 2.00 bits per heavy atom. The van der Waals surface area contributed by atoms with Crippen molar-refractivity contribution in [1.82, 2.24) is 0 Å². The highest BCUT2D eigenvalue weighted by Crippen LogP contribution is 2.65. The lowest BCUT2D eigenvalue weighted by Gasteiger charge is -2.58. The van der Waals surface area contributed by atoms with Crippen LogP contribution in [0.5, 0.6) is 0 Å². The number of rotatable bonds is 3. The standard InChI is InChI=1S/C21H33NO3/c1-20-9-7-14(25-12-19(22)24)11-13(20)3-4-15-16-5-6-18(23)21(16,2)10-8-17(15)20/h11,14-18,23H,3-10,12H2,1-2H3,(H2,22,24)/t14-,15?,16?,17?,18?,20?,21?/m0/s1. The Hall–Kier alpha value is -0.870. The summed E-state index contributed by atoms with van der Waals surface area (Å²) < 4.78 is 5.69. The molecule has 140 valence electrons. The summed E-state index contributed by atoms with van der Waals surface area (Å²) in [4.78, 5) is 11.0. The highest BCUT2D eigenvalue weighted by Gasteiger charge is 2.58. The lowest BCUT2D eigenvalue weighted by atomic mass is 9.47. The van der Waals surface area contributed by atoms with E-state index in [1.807, 2.05) is 0 Å². The number of hydrogen-bond acceptors (Lipinski definition) is 3. The van der Waals surface area contributed by atoms with Crippen LogP contribution in [0.3, 0.4) is 0 Å². The molecule has 25 heavy (non-hydrogen) atoms. The molecule has 4 heteroatoms. The van der Waals surface area contributed by atoms with Crippen molar-refractivity contribution in [2.75, 3.05) is 6.61 Å². The molecule has 3 N–H and O–H groups in total. The van der Waals surface area contributed by atoms with Gasteiger partial charge in [-0.15, -0.1) is 0 Å². The number of ether oxygens (including phenoxy) is 1. The van der Waals surface area contributed by atoms with E-state index in [9.17, 15) is 9.90 Å². The van der Waals surface area contributed by atoms with E-state index in [0.29, 0.717) is 5.92 Å². The minimum absolute atomic E-state index is 0.0233. The smallest absolute Gasteiger partial charge is 0.243 e. The van der Waals surface area contributed by atoms with Crippen LogP contribution in [0.15, 0.2) is 11.6 Å². The number of aliphatic hydroxyl groups excluding tert-OH is 1. The van der Waals surface area contributed by atoms with Crippen LogP contribution in [0.25, 0.3) is 0 Å². The molecule has 0 radical (unpaired) electrons. The highest BCUT2D eigenvalue weighted by atomic mass is 16.5. The second-order valence-corrected chi connectivity index (χ2v) is 9.52. The van der Waals surface area contributed by atoms with E-state index < -0.39 is 0 Å². The van der Waals surface area contributed by atoms with Gasteiger partial charge in [0.2, 0.25) is 5.91 Å². The summed E-state index contributed by atoms with van der Waals surface area (Å²) in [5.41, 5.74) is 7.21. The van der Waals surface area contributed by atoms with Crippen molar-refractivity contribution in [1.29, 1.82) is 0 Å². The van der Waals surface area contributed by atoms with Crippen LogP contribution in [0.4, 0.5) is 0 Å². The molecule has 4 nitrogen and oxygen atoms in total. The number of primary amides is 1. The number of nitrogens with two attached hydrogens (primary N) is 1. The molecule has 4 aliphatic rings. The number of hydrogen-bond donors (Lipinski definition) is 2. The number of carbonyl (C=O) groups excluding carboxylic acids is 1. The van der Waals surface area contributed by atoms with Gasteiger partial charge in [-0.1, -0.05) is 25.5 Å². The molecular weight excluding hydrogens is 314 g/mol. The van der Waals surface area contributed by atoms with Crippen molar-refractivity contribution in [2.45, 2.75) is 77.4 Å². The maximum Gasteiger partial charge on any atom is 0.243 e. The van der Waals surface area contributed by atoms with Gasteiger partial charge in [0.15, 0.2) is 0 Å². The average molecular weight is 347 g/mol. The van der Waals surface area contributed by atoms with Gasteiger partial charge < -0.3 is 15.6 Å². The Morgan fingerprint density at radius 3 is 2.76 bits per heavy atom. The Balaban J connectivity index is 1.55. The molecule has 3 saturated carbocycles. The number of fused-ring (bicyclic) bond motifs is 5. The third kappa shape index (κ3) is 2.68. The second kappa shape index (κ2) is 6.09. The van der Waals surface area contributed by atoms with Crippen molar-refractivity contribution in [2.24, 2.45) is 34.3 Å². The number of aliphatic hydroxyl groups is 1. The van der Waals surface area contributed by atoms with E-state index >= 15 is 0 Å². The number of allylic oxidation sites excluding steroid dienone is 1. The summed E-state index contributed by atoms with van der Waals surface area (Å²) >= 11 is 0. The summed E-state index contributed by atoms with van der Waals surface area (Å²) in [5, 5.41) is 10.5. The lowest BCUT2D eigenvalue weighted by molar-refractivity contribution is -0.124. The van der Waals surface area contributed by atoms with E-state index in [2.05, 4.69) is 19.9 Å². The molecular formula is C21H33NO3. The number of amides is 1. The molecule has 7 atom stereocenters. The first-order valence-corrected chi connectivity index (χ1v) is 10.1. The van der Waals surface area contributed by atoms with Crippen molar-refractivity contribution in [3.63, 3.8) is 0 Å². The average Bonchev–Trinajstić information content (AvgIpc) is 2.88. The maximum absolute atomic E-state index is 11.0. The third-order valence-electron chi connectivity index (χ3n) is 8.46. The zero-order valence-corrected chi connectivity index (χ0v) is 15.7. The molecule has 4 rings (SSSR count). The summed E-state index contributed by atoms with van der Waals surface area (Å²) in [6, 6.07) is 0. The van der Waals surface area contributed by atoms with Crippen LogP contribution < -0.4 is 5.73 Å². The molecule has 0 heterocycles. The zero-order chi connectivity index (χ0) is 17.8. The van der Waals surface area contributed by atoms with Crippen molar-refractivity contribution in [3.8, 4) is 0 Å². The predicted octanol–water partition coefficient (Wildman–Crippen LogP) is 3.18. The minimum atomic E-state index is -0.387. The topological polar surface area (TPSA) is 72.5 Å². The molecule has 0 saturated heterocycles. The molecule has 6 unspecified atom stereocenters.